The Morgan fingerprint density at radius 2 is 2.05 bits per heavy atom. The first-order valence-corrected chi connectivity index (χ1v) is 9.61. The van der Waals surface area contributed by atoms with Gasteiger partial charge in [-0.05, 0) is 18.6 Å². The highest BCUT2D eigenvalue weighted by molar-refractivity contribution is 9.10. The van der Waals surface area contributed by atoms with Crippen LogP contribution in [0.3, 0.4) is 0 Å². The van der Waals surface area contributed by atoms with Crippen LogP contribution in [0.25, 0.3) is 10.9 Å². The van der Waals surface area contributed by atoms with Gasteiger partial charge in [0, 0.05) is 17.1 Å². The molecule has 0 atom stereocenters. The fourth-order valence-electron chi connectivity index (χ4n) is 1.93. The average Bonchev–Trinajstić information content (AvgIpc) is 2.42. The zero-order chi connectivity index (χ0) is 16.3. The zero-order valence-electron chi connectivity index (χ0n) is 12.3. The second kappa shape index (κ2) is 6.87. The van der Waals surface area contributed by atoms with Gasteiger partial charge in [-0.3, -0.25) is 0 Å². The van der Waals surface area contributed by atoms with Crippen molar-refractivity contribution in [2.24, 2.45) is 0 Å². The molecule has 1 heterocycles. The molecule has 8 heteroatoms. The molecule has 120 valence electrons. The van der Waals surface area contributed by atoms with Gasteiger partial charge < -0.3 is 4.74 Å². The van der Waals surface area contributed by atoms with Gasteiger partial charge in [-0.1, -0.05) is 22.9 Å². The van der Waals surface area contributed by atoms with Crippen LogP contribution in [0, 0.1) is 5.82 Å². The fraction of sp³-hybridized carbons (Fsp3) is 0.429. The Morgan fingerprint density at radius 3 is 2.68 bits per heavy atom. The third kappa shape index (κ3) is 4.36. The van der Waals surface area contributed by atoms with E-state index in [4.69, 9.17) is 4.74 Å². The van der Waals surface area contributed by atoms with E-state index in [1.54, 1.807) is 6.07 Å². The number of halogens is 2. The number of aryl methyl sites for hydroxylation is 1. The Hall–Kier alpha value is -1.28. The summed E-state index contributed by atoms with van der Waals surface area (Å²) in [6.07, 6.45) is 2.07. The van der Waals surface area contributed by atoms with Gasteiger partial charge >= 0.3 is 0 Å². The summed E-state index contributed by atoms with van der Waals surface area (Å²) in [7, 11) is -3.03. The topological polar surface area (TPSA) is 69.2 Å². The first kappa shape index (κ1) is 17.1. The van der Waals surface area contributed by atoms with E-state index in [0.717, 1.165) is 0 Å². The number of nitrogens with zero attached hydrogens (tertiary/aromatic N) is 2. The number of aromatic nitrogens is 2. The summed E-state index contributed by atoms with van der Waals surface area (Å²) in [5, 5.41) is 0.462. The second-order valence-corrected chi connectivity index (χ2v) is 8.09. The van der Waals surface area contributed by atoms with Crippen LogP contribution in [-0.4, -0.2) is 37.0 Å². The van der Waals surface area contributed by atoms with Crippen LogP contribution < -0.4 is 4.74 Å². The number of ether oxygens (including phenoxy) is 1. The number of sulfone groups is 1. The monoisotopic (exact) mass is 390 g/mol. The van der Waals surface area contributed by atoms with Gasteiger partial charge in [0.15, 0.2) is 5.82 Å². The summed E-state index contributed by atoms with van der Waals surface area (Å²) in [4.78, 5) is 8.44. The van der Waals surface area contributed by atoms with E-state index in [9.17, 15) is 12.8 Å². The van der Waals surface area contributed by atoms with Gasteiger partial charge in [-0.2, -0.15) is 4.98 Å². The van der Waals surface area contributed by atoms with E-state index in [1.807, 2.05) is 6.92 Å². The van der Waals surface area contributed by atoms with E-state index in [2.05, 4.69) is 25.9 Å². The molecular weight excluding hydrogens is 375 g/mol. The Labute approximate surface area is 137 Å². The first-order valence-electron chi connectivity index (χ1n) is 6.76. The summed E-state index contributed by atoms with van der Waals surface area (Å²) < 4.78 is 42.4. The van der Waals surface area contributed by atoms with Gasteiger partial charge in [-0.15, -0.1) is 0 Å². The van der Waals surface area contributed by atoms with Crippen LogP contribution in [0.1, 0.15) is 19.2 Å². The van der Waals surface area contributed by atoms with Crippen LogP contribution in [0.4, 0.5) is 4.39 Å². The summed E-state index contributed by atoms with van der Waals surface area (Å²) in [6, 6.07) is 3.02. The lowest BCUT2D eigenvalue weighted by molar-refractivity contribution is 0.308. The van der Waals surface area contributed by atoms with Crippen molar-refractivity contribution in [2.45, 2.75) is 19.8 Å². The predicted molar refractivity (Wildman–Crippen MR) is 86.4 cm³/mol. The SMILES string of the molecule is CCc1nc(OCCCS(C)(=O)=O)c2cc(Br)cc(F)c2n1. The zero-order valence-corrected chi connectivity index (χ0v) is 14.7. The fourth-order valence-corrected chi connectivity index (χ4v) is 3.00. The summed E-state index contributed by atoms with van der Waals surface area (Å²) in [5.74, 6) is 0.333. The minimum atomic E-state index is -3.03. The smallest absolute Gasteiger partial charge is 0.224 e. The van der Waals surface area contributed by atoms with Crippen molar-refractivity contribution < 1.29 is 17.5 Å². The molecule has 0 aliphatic heterocycles. The normalized spacial score (nSPS) is 11.8. The van der Waals surface area contributed by atoms with Crippen molar-refractivity contribution in [3.05, 3.63) is 28.2 Å². The average molecular weight is 391 g/mol. The first-order chi connectivity index (χ1) is 10.3. The largest absolute Gasteiger partial charge is 0.477 e. The molecule has 2 rings (SSSR count). The third-order valence-electron chi connectivity index (χ3n) is 2.94. The highest BCUT2D eigenvalue weighted by Gasteiger charge is 2.13. The van der Waals surface area contributed by atoms with Crippen molar-refractivity contribution in [2.75, 3.05) is 18.6 Å². The molecule has 0 aliphatic rings. The van der Waals surface area contributed by atoms with Crippen LogP contribution in [0.15, 0.2) is 16.6 Å². The van der Waals surface area contributed by atoms with Crippen molar-refractivity contribution >= 4 is 36.7 Å². The molecule has 0 bridgehead atoms. The van der Waals surface area contributed by atoms with Crippen molar-refractivity contribution in [3.63, 3.8) is 0 Å². The lowest BCUT2D eigenvalue weighted by Crippen LogP contribution is -2.09. The molecule has 2 aromatic rings. The summed E-state index contributed by atoms with van der Waals surface area (Å²) >= 11 is 3.23. The molecular formula is C14H16BrFN2O3S. The van der Waals surface area contributed by atoms with Crippen molar-refractivity contribution in [3.8, 4) is 5.88 Å². The Kier molecular flexibility index (Phi) is 5.33. The van der Waals surface area contributed by atoms with Crippen LogP contribution >= 0.6 is 15.9 Å². The standard InChI is InChI=1S/C14H16BrFN2O3S/c1-3-12-17-13-10(7-9(15)8-11(13)16)14(18-12)21-5-4-6-22(2,19)20/h7-8H,3-6H2,1-2H3. The highest BCUT2D eigenvalue weighted by Crippen LogP contribution is 2.28. The number of rotatable bonds is 6. The van der Waals surface area contributed by atoms with Crippen LogP contribution in [-0.2, 0) is 16.3 Å². The Morgan fingerprint density at radius 1 is 1.32 bits per heavy atom. The van der Waals surface area contributed by atoms with Gasteiger partial charge in [-0.25, -0.2) is 17.8 Å². The van der Waals surface area contributed by atoms with Gasteiger partial charge in [0.25, 0.3) is 0 Å². The van der Waals surface area contributed by atoms with Crippen molar-refractivity contribution in [1.29, 1.82) is 0 Å². The Bertz CT molecular complexity index is 796. The maximum absolute atomic E-state index is 14.0. The van der Waals surface area contributed by atoms with E-state index in [1.165, 1.54) is 12.3 Å². The highest BCUT2D eigenvalue weighted by atomic mass is 79.9. The maximum Gasteiger partial charge on any atom is 0.224 e. The number of hydrogen-bond acceptors (Lipinski definition) is 5. The predicted octanol–water partition coefficient (Wildman–Crippen LogP) is 2.91. The maximum atomic E-state index is 14.0. The van der Waals surface area contributed by atoms with E-state index in [0.29, 0.717) is 28.5 Å². The minimum absolute atomic E-state index is 0.0364. The molecule has 0 unspecified atom stereocenters. The summed E-state index contributed by atoms with van der Waals surface area (Å²) in [5.41, 5.74) is 0.202. The van der Waals surface area contributed by atoms with Gasteiger partial charge in [0.1, 0.15) is 21.2 Å². The quantitative estimate of drug-likeness (QED) is 0.709. The Balaban J connectivity index is 2.31. The molecule has 0 saturated carbocycles. The number of benzene rings is 1. The molecule has 0 radical (unpaired) electrons. The van der Waals surface area contributed by atoms with E-state index >= 15 is 0 Å². The van der Waals surface area contributed by atoms with Crippen molar-refractivity contribution in [1.82, 2.24) is 9.97 Å². The van der Waals surface area contributed by atoms with Crippen LogP contribution in [0.5, 0.6) is 5.88 Å². The van der Waals surface area contributed by atoms with E-state index in [-0.39, 0.29) is 23.8 Å². The number of fused-ring (bicyclic) bond motifs is 1. The lowest BCUT2D eigenvalue weighted by atomic mass is 10.2. The number of hydrogen-bond donors (Lipinski definition) is 0. The molecule has 0 fully saturated rings. The molecule has 0 aliphatic carbocycles. The molecule has 1 aromatic heterocycles. The minimum Gasteiger partial charge on any atom is -0.477 e. The molecule has 0 N–H and O–H groups in total. The molecule has 0 amide bonds. The second-order valence-electron chi connectivity index (χ2n) is 4.91. The summed E-state index contributed by atoms with van der Waals surface area (Å²) in [6.45, 7) is 2.06. The molecule has 0 saturated heterocycles. The van der Waals surface area contributed by atoms with Gasteiger partial charge in [0.2, 0.25) is 5.88 Å². The van der Waals surface area contributed by atoms with Crippen LogP contribution in [0.2, 0.25) is 0 Å². The molecule has 22 heavy (non-hydrogen) atoms. The molecule has 1 aromatic carbocycles. The molecule has 0 spiro atoms. The lowest BCUT2D eigenvalue weighted by Gasteiger charge is -2.10. The van der Waals surface area contributed by atoms with E-state index < -0.39 is 15.7 Å². The molecule has 5 nitrogen and oxygen atoms in total. The van der Waals surface area contributed by atoms with Gasteiger partial charge in [0.05, 0.1) is 17.7 Å². The third-order valence-corrected chi connectivity index (χ3v) is 4.43.